The SMILES string of the molecule is CCCNC(=O)C(=O)NCCCOCC. The van der Waals surface area contributed by atoms with Crippen LogP contribution in [0.2, 0.25) is 0 Å². The summed E-state index contributed by atoms with van der Waals surface area (Å²) in [6.07, 6.45) is 1.55. The van der Waals surface area contributed by atoms with Crippen LogP contribution in [-0.2, 0) is 14.3 Å². The molecule has 0 spiro atoms. The fourth-order valence-electron chi connectivity index (χ4n) is 0.920. The molecule has 0 heterocycles. The molecule has 0 fully saturated rings. The van der Waals surface area contributed by atoms with Crippen molar-refractivity contribution in [2.45, 2.75) is 26.7 Å². The molecule has 2 N–H and O–H groups in total. The zero-order valence-corrected chi connectivity index (χ0v) is 9.47. The number of ether oxygens (including phenoxy) is 1. The number of amides is 2. The lowest BCUT2D eigenvalue weighted by molar-refractivity contribution is -0.139. The van der Waals surface area contributed by atoms with Crippen LogP contribution < -0.4 is 10.6 Å². The fraction of sp³-hybridized carbons (Fsp3) is 0.800. The minimum Gasteiger partial charge on any atom is -0.382 e. The molecule has 15 heavy (non-hydrogen) atoms. The van der Waals surface area contributed by atoms with Crippen LogP contribution in [0.15, 0.2) is 0 Å². The Morgan fingerprint density at radius 2 is 1.67 bits per heavy atom. The first-order valence-electron chi connectivity index (χ1n) is 5.36. The molecule has 2 amide bonds. The van der Waals surface area contributed by atoms with Crippen molar-refractivity contribution in [3.8, 4) is 0 Å². The normalized spacial score (nSPS) is 9.73. The lowest BCUT2D eigenvalue weighted by atomic mass is 10.4. The van der Waals surface area contributed by atoms with Crippen LogP contribution in [0.4, 0.5) is 0 Å². The average Bonchev–Trinajstić information content (AvgIpc) is 2.25. The molecule has 0 rings (SSSR count). The highest BCUT2D eigenvalue weighted by Gasteiger charge is 2.10. The molecule has 0 aromatic heterocycles. The molecule has 0 aromatic rings. The first-order chi connectivity index (χ1) is 7.22. The van der Waals surface area contributed by atoms with Gasteiger partial charge in [-0.1, -0.05) is 6.92 Å². The van der Waals surface area contributed by atoms with E-state index >= 15 is 0 Å². The summed E-state index contributed by atoms with van der Waals surface area (Å²) in [4.78, 5) is 22.2. The van der Waals surface area contributed by atoms with Gasteiger partial charge in [0, 0.05) is 26.3 Å². The van der Waals surface area contributed by atoms with Crippen LogP contribution >= 0.6 is 0 Å². The van der Waals surface area contributed by atoms with E-state index < -0.39 is 11.8 Å². The second-order valence-electron chi connectivity index (χ2n) is 3.06. The number of carbonyl (C=O) groups is 2. The second kappa shape index (κ2) is 9.45. The van der Waals surface area contributed by atoms with Crippen molar-refractivity contribution in [1.29, 1.82) is 0 Å². The topological polar surface area (TPSA) is 67.4 Å². The van der Waals surface area contributed by atoms with Crippen LogP contribution in [0, 0.1) is 0 Å². The predicted octanol–water partition coefficient (Wildman–Crippen LogP) is 0.0554. The van der Waals surface area contributed by atoms with E-state index in [1.165, 1.54) is 0 Å². The second-order valence-corrected chi connectivity index (χ2v) is 3.06. The maximum atomic E-state index is 11.1. The molecule has 5 nitrogen and oxygen atoms in total. The van der Waals surface area contributed by atoms with E-state index in [-0.39, 0.29) is 0 Å². The van der Waals surface area contributed by atoms with Gasteiger partial charge in [0.15, 0.2) is 0 Å². The molecular formula is C10H20N2O3. The summed E-state index contributed by atoms with van der Waals surface area (Å²) in [5, 5.41) is 5.02. The first kappa shape index (κ1) is 13.9. The molecule has 0 unspecified atom stereocenters. The zero-order valence-electron chi connectivity index (χ0n) is 9.47. The van der Waals surface area contributed by atoms with E-state index in [0.717, 1.165) is 12.8 Å². The van der Waals surface area contributed by atoms with Crippen LogP contribution in [0.5, 0.6) is 0 Å². The van der Waals surface area contributed by atoms with Crippen molar-refractivity contribution >= 4 is 11.8 Å². The monoisotopic (exact) mass is 216 g/mol. The summed E-state index contributed by atoms with van der Waals surface area (Å²) >= 11 is 0. The van der Waals surface area contributed by atoms with Gasteiger partial charge in [0.25, 0.3) is 0 Å². The van der Waals surface area contributed by atoms with Crippen molar-refractivity contribution in [1.82, 2.24) is 10.6 Å². The Bertz CT molecular complexity index is 195. The van der Waals surface area contributed by atoms with Crippen molar-refractivity contribution in [3.63, 3.8) is 0 Å². The van der Waals surface area contributed by atoms with Gasteiger partial charge in [-0.15, -0.1) is 0 Å². The maximum Gasteiger partial charge on any atom is 0.309 e. The Hall–Kier alpha value is -1.10. The number of nitrogens with one attached hydrogen (secondary N) is 2. The van der Waals surface area contributed by atoms with E-state index in [9.17, 15) is 9.59 Å². The van der Waals surface area contributed by atoms with Crippen LogP contribution in [0.1, 0.15) is 26.7 Å². The van der Waals surface area contributed by atoms with E-state index in [2.05, 4.69) is 10.6 Å². The third kappa shape index (κ3) is 7.93. The van der Waals surface area contributed by atoms with Gasteiger partial charge in [0.05, 0.1) is 0 Å². The summed E-state index contributed by atoms with van der Waals surface area (Å²) in [5.74, 6) is -1.13. The van der Waals surface area contributed by atoms with E-state index in [1.54, 1.807) is 0 Å². The summed E-state index contributed by atoms with van der Waals surface area (Å²) in [7, 11) is 0. The minimum absolute atomic E-state index is 0.471. The zero-order chi connectivity index (χ0) is 11.5. The fourth-order valence-corrected chi connectivity index (χ4v) is 0.920. The Morgan fingerprint density at radius 3 is 2.20 bits per heavy atom. The Morgan fingerprint density at radius 1 is 1.07 bits per heavy atom. The molecule has 0 aliphatic heterocycles. The third-order valence-corrected chi connectivity index (χ3v) is 1.70. The van der Waals surface area contributed by atoms with Gasteiger partial charge >= 0.3 is 11.8 Å². The summed E-state index contributed by atoms with van der Waals surface area (Å²) in [5.41, 5.74) is 0. The van der Waals surface area contributed by atoms with E-state index in [4.69, 9.17) is 4.74 Å². The highest BCUT2D eigenvalue weighted by Crippen LogP contribution is 1.80. The van der Waals surface area contributed by atoms with Gasteiger partial charge in [-0.25, -0.2) is 0 Å². The van der Waals surface area contributed by atoms with Crippen molar-refractivity contribution in [3.05, 3.63) is 0 Å². The molecule has 0 aromatic carbocycles. The number of hydrogen-bond donors (Lipinski definition) is 2. The summed E-state index contributed by atoms with van der Waals surface area (Å²) < 4.78 is 5.09. The minimum atomic E-state index is -0.569. The van der Waals surface area contributed by atoms with Gasteiger partial charge in [-0.05, 0) is 19.8 Å². The highest BCUT2D eigenvalue weighted by atomic mass is 16.5. The van der Waals surface area contributed by atoms with E-state index in [0.29, 0.717) is 26.3 Å². The van der Waals surface area contributed by atoms with Crippen LogP contribution in [0.3, 0.4) is 0 Å². The molecule has 0 aliphatic carbocycles. The molecule has 0 aliphatic rings. The Labute approximate surface area is 90.6 Å². The van der Waals surface area contributed by atoms with Crippen molar-refractivity contribution < 1.29 is 14.3 Å². The van der Waals surface area contributed by atoms with Gasteiger partial charge in [-0.3, -0.25) is 9.59 Å². The van der Waals surface area contributed by atoms with E-state index in [1.807, 2.05) is 13.8 Å². The van der Waals surface area contributed by atoms with Gasteiger partial charge in [0.1, 0.15) is 0 Å². The molecule has 0 radical (unpaired) electrons. The smallest absolute Gasteiger partial charge is 0.309 e. The van der Waals surface area contributed by atoms with Gasteiger partial charge in [0.2, 0.25) is 0 Å². The first-order valence-corrected chi connectivity index (χ1v) is 5.36. The molecule has 0 bridgehead atoms. The van der Waals surface area contributed by atoms with Crippen molar-refractivity contribution in [2.24, 2.45) is 0 Å². The summed E-state index contributed by atoms with van der Waals surface area (Å²) in [6.45, 7) is 6.12. The lowest BCUT2D eigenvalue weighted by Crippen LogP contribution is -2.40. The van der Waals surface area contributed by atoms with Crippen LogP contribution in [0.25, 0.3) is 0 Å². The number of carbonyl (C=O) groups excluding carboxylic acids is 2. The maximum absolute atomic E-state index is 11.1. The average molecular weight is 216 g/mol. The molecular weight excluding hydrogens is 196 g/mol. The Balaban J connectivity index is 3.43. The molecule has 0 saturated carbocycles. The number of hydrogen-bond acceptors (Lipinski definition) is 3. The van der Waals surface area contributed by atoms with Gasteiger partial charge in [-0.2, -0.15) is 0 Å². The quantitative estimate of drug-likeness (QED) is 0.467. The molecule has 0 atom stereocenters. The standard InChI is InChI=1S/C10H20N2O3/c1-3-6-11-9(13)10(14)12-7-5-8-15-4-2/h3-8H2,1-2H3,(H,11,13)(H,12,14). The highest BCUT2D eigenvalue weighted by molar-refractivity contribution is 6.35. The van der Waals surface area contributed by atoms with Gasteiger partial charge < -0.3 is 15.4 Å². The predicted molar refractivity (Wildman–Crippen MR) is 57.4 cm³/mol. The lowest BCUT2D eigenvalue weighted by Gasteiger charge is -2.05. The third-order valence-electron chi connectivity index (χ3n) is 1.70. The Kier molecular flexibility index (Phi) is 8.76. The number of rotatable bonds is 7. The largest absolute Gasteiger partial charge is 0.382 e. The molecule has 88 valence electrons. The molecule has 5 heteroatoms. The van der Waals surface area contributed by atoms with Crippen LogP contribution in [-0.4, -0.2) is 38.1 Å². The summed E-state index contributed by atoms with van der Waals surface area (Å²) in [6, 6.07) is 0. The van der Waals surface area contributed by atoms with Crippen molar-refractivity contribution in [2.75, 3.05) is 26.3 Å². The molecule has 0 saturated heterocycles.